The van der Waals surface area contributed by atoms with Crippen LogP contribution in [0.4, 0.5) is 0 Å². The van der Waals surface area contributed by atoms with E-state index in [1.807, 2.05) is 0 Å². The molecule has 3 aliphatic rings. The first kappa shape index (κ1) is 9.47. The van der Waals surface area contributed by atoms with E-state index in [4.69, 9.17) is 0 Å². The molecule has 0 aromatic heterocycles. The van der Waals surface area contributed by atoms with E-state index in [0.717, 1.165) is 12.1 Å². The summed E-state index contributed by atoms with van der Waals surface area (Å²) in [5.74, 6) is 1.03. The second-order valence-corrected chi connectivity index (χ2v) is 4.54. The number of nitrogens with zero attached hydrogens (tertiary/aromatic N) is 1. The van der Waals surface area contributed by atoms with Crippen molar-refractivity contribution in [3.05, 3.63) is 0 Å². The Kier molecular flexibility index (Phi) is 3.23. The molecule has 3 fully saturated rings. The number of hydrogen-bond donors (Lipinski definition) is 1. The lowest BCUT2D eigenvalue weighted by atomic mass is 9.86. The van der Waals surface area contributed by atoms with Gasteiger partial charge in [-0.15, -0.1) is 0 Å². The molecule has 3 aliphatic heterocycles. The Hall–Kier alpha value is -0.0800. The van der Waals surface area contributed by atoms with Crippen molar-refractivity contribution >= 4 is 0 Å². The molecular formula is C11H22N2. The zero-order valence-electron chi connectivity index (χ0n) is 8.76. The minimum Gasteiger partial charge on any atom is -0.302 e. The van der Waals surface area contributed by atoms with Crippen molar-refractivity contribution in [3.63, 3.8) is 0 Å². The fourth-order valence-corrected chi connectivity index (χ4v) is 2.62. The minimum absolute atomic E-state index is 0.721. The van der Waals surface area contributed by atoms with Crippen LogP contribution >= 0.6 is 0 Å². The lowest BCUT2D eigenvalue weighted by Gasteiger charge is -2.45. The number of nitrogens with one attached hydrogen (secondary N) is 1. The van der Waals surface area contributed by atoms with E-state index < -0.39 is 0 Å². The average Bonchev–Trinajstić information content (AvgIpc) is 2.20. The zero-order chi connectivity index (χ0) is 9.10. The lowest BCUT2D eigenvalue weighted by Crippen LogP contribution is -2.55. The van der Waals surface area contributed by atoms with E-state index in [1.54, 1.807) is 0 Å². The van der Waals surface area contributed by atoms with Gasteiger partial charge in [-0.2, -0.15) is 0 Å². The number of hydrogen-bond acceptors (Lipinski definition) is 2. The van der Waals surface area contributed by atoms with Crippen LogP contribution < -0.4 is 5.32 Å². The molecule has 2 nitrogen and oxygen atoms in total. The molecule has 3 rings (SSSR count). The molecular weight excluding hydrogens is 160 g/mol. The Labute approximate surface area is 81.7 Å². The first-order valence-electron chi connectivity index (χ1n) is 5.87. The monoisotopic (exact) mass is 182 g/mol. The van der Waals surface area contributed by atoms with E-state index in [-0.39, 0.29) is 0 Å². The Bertz CT molecular complexity index is 150. The molecule has 0 saturated carbocycles. The zero-order valence-corrected chi connectivity index (χ0v) is 8.76. The van der Waals surface area contributed by atoms with E-state index >= 15 is 0 Å². The van der Waals surface area contributed by atoms with Crippen LogP contribution in [-0.2, 0) is 0 Å². The quantitative estimate of drug-likeness (QED) is 0.667. The number of rotatable bonds is 4. The first-order chi connectivity index (χ1) is 6.40. The fourth-order valence-electron chi connectivity index (χ4n) is 2.62. The lowest BCUT2D eigenvalue weighted by molar-refractivity contribution is 0.0314. The average molecular weight is 182 g/mol. The maximum Gasteiger partial charge on any atom is 0.0599 e. The predicted molar refractivity (Wildman–Crippen MR) is 55.6 cm³/mol. The number of unbranched alkanes of at least 4 members (excludes halogenated alkanes) is 1. The molecule has 3 heterocycles. The Morgan fingerprint density at radius 1 is 1.31 bits per heavy atom. The predicted octanol–water partition coefficient (Wildman–Crippen LogP) is 1.82. The molecule has 1 unspecified atom stereocenters. The first-order valence-corrected chi connectivity index (χ1v) is 5.87. The highest BCUT2D eigenvalue weighted by atomic mass is 15.3. The van der Waals surface area contributed by atoms with Crippen LogP contribution in [0.2, 0.25) is 0 Å². The van der Waals surface area contributed by atoms with Crippen molar-refractivity contribution < 1.29 is 0 Å². The fraction of sp³-hybridized carbons (Fsp3) is 1.00. The Balaban J connectivity index is 1.74. The maximum atomic E-state index is 3.68. The van der Waals surface area contributed by atoms with Crippen molar-refractivity contribution in [3.8, 4) is 0 Å². The third-order valence-electron chi connectivity index (χ3n) is 3.56. The van der Waals surface area contributed by atoms with Crippen molar-refractivity contribution in [2.45, 2.75) is 45.2 Å². The van der Waals surface area contributed by atoms with Gasteiger partial charge in [0.05, 0.1) is 6.17 Å². The third-order valence-corrected chi connectivity index (χ3v) is 3.56. The molecule has 13 heavy (non-hydrogen) atoms. The van der Waals surface area contributed by atoms with Gasteiger partial charge in [0.2, 0.25) is 0 Å². The van der Waals surface area contributed by atoms with Crippen LogP contribution in [0.5, 0.6) is 0 Å². The SMILES string of the molecule is CCCCNC1CC2CCN1CC2. The van der Waals surface area contributed by atoms with E-state index in [0.29, 0.717) is 0 Å². The van der Waals surface area contributed by atoms with Gasteiger partial charge in [0.15, 0.2) is 0 Å². The van der Waals surface area contributed by atoms with Crippen molar-refractivity contribution in [1.29, 1.82) is 0 Å². The topological polar surface area (TPSA) is 15.3 Å². The Morgan fingerprint density at radius 2 is 2.08 bits per heavy atom. The summed E-state index contributed by atoms with van der Waals surface area (Å²) < 4.78 is 0. The molecule has 0 aromatic rings. The van der Waals surface area contributed by atoms with Crippen molar-refractivity contribution in [1.82, 2.24) is 10.2 Å². The van der Waals surface area contributed by atoms with Gasteiger partial charge < -0.3 is 5.32 Å². The second-order valence-electron chi connectivity index (χ2n) is 4.54. The smallest absolute Gasteiger partial charge is 0.0599 e. The molecule has 0 radical (unpaired) electrons. The van der Waals surface area contributed by atoms with Crippen LogP contribution in [0, 0.1) is 5.92 Å². The van der Waals surface area contributed by atoms with Crippen LogP contribution in [0.15, 0.2) is 0 Å². The summed E-state index contributed by atoms with van der Waals surface area (Å²) in [5, 5.41) is 3.68. The summed E-state index contributed by atoms with van der Waals surface area (Å²) in [6, 6.07) is 0. The number of piperidine rings is 3. The summed E-state index contributed by atoms with van der Waals surface area (Å²) in [6.07, 6.45) is 7.67. The van der Waals surface area contributed by atoms with Gasteiger partial charge in [0.25, 0.3) is 0 Å². The van der Waals surface area contributed by atoms with E-state index in [9.17, 15) is 0 Å². The van der Waals surface area contributed by atoms with Gasteiger partial charge in [-0.1, -0.05) is 13.3 Å². The molecule has 0 spiro atoms. The number of fused-ring (bicyclic) bond motifs is 3. The largest absolute Gasteiger partial charge is 0.302 e. The second kappa shape index (κ2) is 4.43. The normalized spacial score (nSPS) is 38.1. The summed E-state index contributed by atoms with van der Waals surface area (Å²) in [5.41, 5.74) is 0. The van der Waals surface area contributed by atoms with Gasteiger partial charge in [-0.3, -0.25) is 4.90 Å². The third kappa shape index (κ3) is 2.23. The molecule has 76 valence electrons. The highest BCUT2D eigenvalue weighted by Gasteiger charge is 2.32. The van der Waals surface area contributed by atoms with Gasteiger partial charge in [-0.25, -0.2) is 0 Å². The van der Waals surface area contributed by atoms with Crippen molar-refractivity contribution in [2.75, 3.05) is 19.6 Å². The van der Waals surface area contributed by atoms with Gasteiger partial charge >= 0.3 is 0 Å². The van der Waals surface area contributed by atoms with Crippen molar-refractivity contribution in [2.24, 2.45) is 5.92 Å². The molecule has 3 saturated heterocycles. The minimum atomic E-state index is 0.721. The van der Waals surface area contributed by atoms with Crippen LogP contribution in [0.25, 0.3) is 0 Å². The Morgan fingerprint density at radius 3 is 2.62 bits per heavy atom. The van der Waals surface area contributed by atoms with Gasteiger partial charge in [-0.05, 0) is 51.2 Å². The molecule has 1 atom stereocenters. The van der Waals surface area contributed by atoms with Gasteiger partial charge in [0.1, 0.15) is 0 Å². The molecule has 0 amide bonds. The van der Waals surface area contributed by atoms with E-state index in [1.165, 1.54) is 51.7 Å². The van der Waals surface area contributed by atoms with Gasteiger partial charge in [0, 0.05) is 0 Å². The molecule has 0 aliphatic carbocycles. The molecule has 2 heteroatoms. The van der Waals surface area contributed by atoms with Crippen LogP contribution in [0.3, 0.4) is 0 Å². The molecule has 2 bridgehead atoms. The highest BCUT2D eigenvalue weighted by Crippen LogP contribution is 2.30. The van der Waals surface area contributed by atoms with Crippen LogP contribution in [0.1, 0.15) is 39.0 Å². The highest BCUT2D eigenvalue weighted by molar-refractivity contribution is 4.86. The standard InChI is InChI=1S/C11H22N2/c1-2-3-6-12-11-9-10-4-7-13(11)8-5-10/h10-12H,2-9H2,1H3. The maximum absolute atomic E-state index is 3.68. The summed E-state index contributed by atoms with van der Waals surface area (Å²) in [6.45, 7) is 6.16. The summed E-state index contributed by atoms with van der Waals surface area (Å²) in [7, 11) is 0. The van der Waals surface area contributed by atoms with E-state index in [2.05, 4.69) is 17.1 Å². The molecule has 1 N–H and O–H groups in total. The summed E-state index contributed by atoms with van der Waals surface area (Å²) in [4.78, 5) is 2.63. The summed E-state index contributed by atoms with van der Waals surface area (Å²) >= 11 is 0. The van der Waals surface area contributed by atoms with Crippen LogP contribution in [-0.4, -0.2) is 30.7 Å². The molecule has 0 aromatic carbocycles.